The molecule has 2 rings (SSSR count). The van der Waals surface area contributed by atoms with Gasteiger partial charge in [0.15, 0.2) is 0 Å². The summed E-state index contributed by atoms with van der Waals surface area (Å²) in [6.07, 6.45) is 2.02. The van der Waals surface area contributed by atoms with Gasteiger partial charge >= 0.3 is 5.97 Å². The van der Waals surface area contributed by atoms with Crippen LogP contribution in [0.3, 0.4) is 0 Å². The topological polar surface area (TPSA) is 40.5 Å². The fourth-order valence-electron chi connectivity index (χ4n) is 2.84. The lowest BCUT2D eigenvalue weighted by Crippen LogP contribution is -2.53. The second-order valence-electron chi connectivity index (χ2n) is 5.53. The molecule has 1 aliphatic heterocycles. The number of rotatable bonds is 2. The fourth-order valence-corrected chi connectivity index (χ4v) is 2.84. The SMILES string of the molecule is CC1=CC(C)(C)N(C(C)C(=O)O)c2cc(F)ccc21. The first-order valence-corrected chi connectivity index (χ1v) is 6.25. The molecule has 0 aliphatic carbocycles. The molecule has 0 saturated heterocycles. The normalized spacial score (nSPS) is 18.6. The van der Waals surface area contributed by atoms with Crippen LogP contribution in [0.15, 0.2) is 24.3 Å². The first-order chi connectivity index (χ1) is 8.74. The van der Waals surface area contributed by atoms with Crippen LogP contribution in [0, 0.1) is 5.82 Å². The van der Waals surface area contributed by atoms with E-state index in [2.05, 4.69) is 0 Å². The number of carboxylic acid groups (broad SMARTS) is 1. The van der Waals surface area contributed by atoms with Crippen molar-refractivity contribution in [1.29, 1.82) is 0 Å². The number of carbonyl (C=O) groups is 1. The van der Waals surface area contributed by atoms with Crippen molar-refractivity contribution in [3.8, 4) is 0 Å². The van der Waals surface area contributed by atoms with Crippen LogP contribution in [-0.4, -0.2) is 22.7 Å². The molecule has 0 saturated carbocycles. The number of hydrogen-bond acceptors (Lipinski definition) is 2. The van der Waals surface area contributed by atoms with E-state index >= 15 is 0 Å². The van der Waals surface area contributed by atoms with Gasteiger partial charge in [-0.2, -0.15) is 0 Å². The molecule has 0 bridgehead atoms. The maximum absolute atomic E-state index is 13.5. The lowest BCUT2D eigenvalue weighted by molar-refractivity contribution is -0.138. The second-order valence-corrected chi connectivity index (χ2v) is 5.53. The van der Waals surface area contributed by atoms with Gasteiger partial charge in [0.25, 0.3) is 0 Å². The number of benzene rings is 1. The summed E-state index contributed by atoms with van der Waals surface area (Å²) in [5.74, 6) is -1.27. The van der Waals surface area contributed by atoms with E-state index in [0.717, 1.165) is 11.1 Å². The van der Waals surface area contributed by atoms with Gasteiger partial charge < -0.3 is 10.0 Å². The Morgan fingerprint density at radius 1 is 1.42 bits per heavy atom. The van der Waals surface area contributed by atoms with Gasteiger partial charge in [0.05, 0.1) is 5.54 Å². The number of aliphatic carboxylic acids is 1. The molecule has 1 aromatic carbocycles. The molecule has 1 heterocycles. The Balaban J connectivity index is 2.66. The van der Waals surface area contributed by atoms with E-state index in [0.29, 0.717) is 5.69 Å². The Labute approximate surface area is 112 Å². The zero-order valence-electron chi connectivity index (χ0n) is 11.6. The van der Waals surface area contributed by atoms with Gasteiger partial charge in [-0.25, -0.2) is 9.18 Å². The molecule has 1 atom stereocenters. The number of halogens is 1. The van der Waals surface area contributed by atoms with Crippen molar-refractivity contribution < 1.29 is 14.3 Å². The van der Waals surface area contributed by atoms with Crippen LogP contribution >= 0.6 is 0 Å². The Hall–Kier alpha value is -1.84. The molecule has 102 valence electrons. The number of nitrogens with zero attached hydrogens (tertiary/aromatic N) is 1. The van der Waals surface area contributed by atoms with Crippen molar-refractivity contribution in [2.45, 2.75) is 39.3 Å². The number of carboxylic acids is 1. The third-order valence-corrected chi connectivity index (χ3v) is 3.58. The first-order valence-electron chi connectivity index (χ1n) is 6.25. The Kier molecular flexibility index (Phi) is 3.12. The molecule has 4 heteroatoms. The quantitative estimate of drug-likeness (QED) is 0.890. The maximum Gasteiger partial charge on any atom is 0.326 e. The third kappa shape index (κ3) is 2.23. The number of fused-ring (bicyclic) bond motifs is 1. The molecule has 1 N–H and O–H groups in total. The fraction of sp³-hybridized carbons (Fsp3) is 0.400. The molecule has 0 aromatic heterocycles. The summed E-state index contributed by atoms with van der Waals surface area (Å²) in [6.45, 7) is 7.45. The predicted molar refractivity (Wildman–Crippen MR) is 73.7 cm³/mol. The Morgan fingerprint density at radius 3 is 2.63 bits per heavy atom. The highest BCUT2D eigenvalue weighted by atomic mass is 19.1. The molecule has 0 radical (unpaired) electrons. The van der Waals surface area contributed by atoms with Gasteiger partial charge in [-0.3, -0.25) is 0 Å². The van der Waals surface area contributed by atoms with E-state index in [1.54, 1.807) is 17.9 Å². The standard InChI is InChI=1S/C15H18FNO2/c1-9-8-15(3,4)17(10(2)14(18)19)13-7-11(16)5-6-12(9)13/h5-8,10H,1-4H3,(H,18,19). The third-order valence-electron chi connectivity index (χ3n) is 3.58. The molecule has 3 nitrogen and oxygen atoms in total. The maximum atomic E-state index is 13.5. The minimum atomic E-state index is -0.920. The van der Waals surface area contributed by atoms with Crippen LogP contribution in [0.2, 0.25) is 0 Å². The van der Waals surface area contributed by atoms with Crippen molar-refractivity contribution in [2.24, 2.45) is 0 Å². The predicted octanol–water partition coefficient (Wildman–Crippen LogP) is 3.30. The van der Waals surface area contributed by atoms with Crippen molar-refractivity contribution >= 4 is 17.2 Å². The van der Waals surface area contributed by atoms with E-state index in [-0.39, 0.29) is 5.82 Å². The zero-order chi connectivity index (χ0) is 14.4. The average molecular weight is 263 g/mol. The molecule has 0 fully saturated rings. The summed E-state index contributed by atoms with van der Waals surface area (Å²) < 4.78 is 13.5. The molecular weight excluding hydrogens is 245 g/mol. The first kappa shape index (κ1) is 13.6. The van der Waals surface area contributed by atoms with E-state index in [1.807, 2.05) is 26.8 Å². The summed E-state index contributed by atoms with van der Waals surface area (Å²) in [5, 5.41) is 9.27. The lowest BCUT2D eigenvalue weighted by Gasteiger charge is -2.45. The molecule has 1 unspecified atom stereocenters. The van der Waals surface area contributed by atoms with Crippen molar-refractivity contribution in [2.75, 3.05) is 4.90 Å². The van der Waals surface area contributed by atoms with Crippen LogP contribution in [0.5, 0.6) is 0 Å². The summed E-state index contributed by atoms with van der Waals surface area (Å²) in [7, 11) is 0. The number of hydrogen-bond donors (Lipinski definition) is 1. The minimum absolute atomic E-state index is 0.355. The van der Waals surface area contributed by atoms with Gasteiger partial charge in [0.1, 0.15) is 11.9 Å². The van der Waals surface area contributed by atoms with E-state index in [1.165, 1.54) is 12.1 Å². The molecule has 19 heavy (non-hydrogen) atoms. The highest BCUT2D eigenvalue weighted by molar-refractivity contribution is 5.86. The van der Waals surface area contributed by atoms with Crippen LogP contribution in [0.1, 0.15) is 33.3 Å². The summed E-state index contributed by atoms with van der Waals surface area (Å²) in [6, 6.07) is 3.79. The zero-order valence-corrected chi connectivity index (χ0v) is 11.6. The van der Waals surface area contributed by atoms with Crippen molar-refractivity contribution in [3.63, 3.8) is 0 Å². The van der Waals surface area contributed by atoms with Gasteiger partial charge in [0.2, 0.25) is 0 Å². The van der Waals surface area contributed by atoms with Crippen LogP contribution in [0.4, 0.5) is 10.1 Å². The highest BCUT2D eigenvalue weighted by Gasteiger charge is 2.37. The van der Waals surface area contributed by atoms with Crippen molar-refractivity contribution in [3.05, 3.63) is 35.7 Å². The number of anilines is 1. The van der Waals surface area contributed by atoms with Crippen molar-refractivity contribution in [1.82, 2.24) is 0 Å². The second kappa shape index (κ2) is 4.37. The minimum Gasteiger partial charge on any atom is -0.480 e. The van der Waals surface area contributed by atoms with Gasteiger partial charge in [0, 0.05) is 11.3 Å². The van der Waals surface area contributed by atoms with Gasteiger partial charge in [-0.05, 0) is 51.5 Å². The van der Waals surface area contributed by atoms with Gasteiger partial charge in [-0.15, -0.1) is 0 Å². The van der Waals surface area contributed by atoms with Crippen LogP contribution in [0.25, 0.3) is 5.57 Å². The lowest BCUT2D eigenvalue weighted by atomic mass is 9.87. The largest absolute Gasteiger partial charge is 0.480 e. The molecule has 0 amide bonds. The van der Waals surface area contributed by atoms with Gasteiger partial charge in [-0.1, -0.05) is 6.08 Å². The molecular formula is C15H18FNO2. The van der Waals surface area contributed by atoms with Crippen LogP contribution < -0.4 is 4.90 Å². The molecule has 0 spiro atoms. The van der Waals surface area contributed by atoms with E-state index in [4.69, 9.17) is 0 Å². The highest BCUT2D eigenvalue weighted by Crippen LogP contribution is 2.40. The number of allylic oxidation sites excluding steroid dienone is 1. The van der Waals surface area contributed by atoms with E-state index in [9.17, 15) is 14.3 Å². The summed E-state index contributed by atoms with van der Waals surface area (Å²) in [4.78, 5) is 13.1. The van der Waals surface area contributed by atoms with Crippen LogP contribution in [-0.2, 0) is 4.79 Å². The Bertz CT molecular complexity index is 563. The summed E-state index contributed by atoms with van der Waals surface area (Å²) >= 11 is 0. The van der Waals surface area contributed by atoms with E-state index < -0.39 is 17.6 Å². The Morgan fingerprint density at radius 2 is 2.05 bits per heavy atom. The summed E-state index contributed by atoms with van der Waals surface area (Å²) in [5.41, 5.74) is 2.09. The average Bonchev–Trinajstić information content (AvgIpc) is 2.26. The monoisotopic (exact) mass is 263 g/mol. The molecule has 1 aromatic rings. The molecule has 1 aliphatic rings. The smallest absolute Gasteiger partial charge is 0.326 e.